The van der Waals surface area contributed by atoms with Crippen LogP contribution in [-0.4, -0.2) is 45.6 Å². The highest BCUT2D eigenvalue weighted by Crippen LogP contribution is 2.37. The molecular formula is C29H29FN6O3S. The number of ether oxygens (including phenoxy) is 1. The summed E-state index contributed by atoms with van der Waals surface area (Å²) in [5, 5.41) is 8.39. The Morgan fingerprint density at radius 2 is 1.98 bits per heavy atom. The Hall–Kier alpha value is -4.09. The van der Waals surface area contributed by atoms with Gasteiger partial charge in [0.25, 0.3) is 11.8 Å². The zero-order valence-corrected chi connectivity index (χ0v) is 22.6. The number of amides is 2. The molecule has 1 aromatic carbocycles. The van der Waals surface area contributed by atoms with E-state index in [9.17, 15) is 14.0 Å². The van der Waals surface area contributed by atoms with E-state index in [0.29, 0.717) is 29.5 Å². The molecule has 9 nitrogen and oxygen atoms in total. The van der Waals surface area contributed by atoms with Crippen LogP contribution in [-0.2, 0) is 16.1 Å². The molecule has 0 bridgehead atoms. The van der Waals surface area contributed by atoms with E-state index < -0.39 is 5.95 Å². The maximum Gasteiger partial charge on any atom is 0.274 e. The first-order valence-corrected chi connectivity index (χ1v) is 14.2. The van der Waals surface area contributed by atoms with Gasteiger partial charge in [-0.25, -0.2) is 9.97 Å². The summed E-state index contributed by atoms with van der Waals surface area (Å²) < 4.78 is 20.7. The zero-order valence-electron chi connectivity index (χ0n) is 21.8. The van der Waals surface area contributed by atoms with Gasteiger partial charge in [-0.05, 0) is 79.8 Å². The number of nitrogens with one attached hydrogen (secondary N) is 2. The summed E-state index contributed by atoms with van der Waals surface area (Å²) in [5.41, 5.74) is 3.90. The van der Waals surface area contributed by atoms with E-state index in [1.165, 1.54) is 23.6 Å². The van der Waals surface area contributed by atoms with Crippen molar-refractivity contribution in [2.24, 2.45) is 0 Å². The topological polar surface area (TPSA) is 101 Å². The standard InChI is InChI=1S/C29H29FN6O3S/c30-26-16-19(11-12-31-26)17-35-13-1-5-24(35)27(37)34-29-33-22(18-40-29)23-4-2-14-36(23)21-9-7-20(8-10-21)32-28(38)25-6-3-15-39-25/h1,5,7-13,16,18,23,25H,2-4,6,14-15,17H2,(H,32,38)(H,33,34,37)/t23-,25?/m1/s1. The van der Waals surface area contributed by atoms with Crippen LogP contribution in [0.3, 0.4) is 0 Å². The Kier molecular flexibility index (Phi) is 7.56. The lowest BCUT2D eigenvalue weighted by molar-refractivity contribution is -0.124. The van der Waals surface area contributed by atoms with Gasteiger partial charge in [0.2, 0.25) is 5.95 Å². The Bertz CT molecular complexity index is 1500. The summed E-state index contributed by atoms with van der Waals surface area (Å²) in [6.45, 7) is 1.89. The van der Waals surface area contributed by atoms with Crippen LogP contribution in [0.1, 0.15) is 53.5 Å². The lowest BCUT2D eigenvalue weighted by atomic mass is 10.1. The smallest absolute Gasteiger partial charge is 0.274 e. The molecule has 0 aliphatic carbocycles. The van der Waals surface area contributed by atoms with Crippen LogP contribution in [0.25, 0.3) is 0 Å². The van der Waals surface area contributed by atoms with E-state index in [0.717, 1.165) is 49.3 Å². The number of anilines is 3. The first-order chi connectivity index (χ1) is 19.5. The van der Waals surface area contributed by atoms with Gasteiger partial charge in [-0.15, -0.1) is 11.3 Å². The summed E-state index contributed by atoms with van der Waals surface area (Å²) >= 11 is 1.40. The summed E-state index contributed by atoms with van der Waals surface area (Å²) in [6.07, 6.45) is 6.50. The van der Waals surface area contributed by atoms with Crippen molar-refractivity contribution in [3.05, 3.63) is 89.2 Å². The Labute approximate surface area is 235 Å². The number of benzene rings is 1. The van der Waals surface area contributed by atoms with Gasteiger partial charge in [-0.1, -0.05) is 0 Å². The number of aromatic nitrogens is 3. The van der Waals surface area contributed by atoms with E-state index in [2.05, 4.69) is 20.5 Å². The highest BCUT2D eigenvalue weighted by atomic mass is 32.1. The summed E-state index contributed by atoms with van der Waals surface area (Å²) in [4.78, 5) is 36.1. The van der Waals surface area contributed by atoms with Crippen LogP contribution in [0.4, 0.5) is 20.9 Å². The zero-order chi connectivity index (χ0) is 27.5. The molecule has 3 aromatic heterocycles. The fourth-order valence-electron chi connectivity index (χ4n) is 5.28. The number of rotatable bonds is 8. The third-order valence-corrected chi connectivity index (χ3v) is 8.01. The third-order valence-electron chi connectivity index (χ3n) is 7.23. The number of hydrogen-bond donors (Lipinski definition) is 2. The molecule has 5 heterocycles. The van der Waals surface area contributed by atoms with Crippen molar-refractivity contribution in [3.8, 4) is 0 Å². The van der Waals surface area contributed by atoms with E-state index >= 15 is 0 Å². The van der Waals surface area contributed by atoms with Crippen molar-refractivity contribution < 1.29 is 18.7 Å². The van der Waals surface area contributed by atoms with Crippen molar-refractivity contribution in [2.45, 2.75) is 44.4 Å². The molecule has 2 aliphatic rings. The van der Waals surface area contributed by atoms with Gasteiger partial charge in [-0.2, -0.15) is 4.39 Å². The Morgan fingerprint density at radius 1 is 1.10 bits per heavy atom. The van der Waals surface area contributed by atoms with E-state index in [-0.39, 0.29) is 24.0 Å². The fraction of sp³-hybridized carbons (Fsp3) is 0.310. The SMILES string of the molecule is O=C(Nc1nc([C@H]2CCCN2c2ccc(NC(=O)C3CCCO3)cc2)cs1)c1cccn1Cc1ccnc(F)c1. The van der Waals surface area contributed by atoms with Gasteiger partial charge < -0.3 is 19.5 Å². The van der Waals surface area contributed by atoms with Crippen LogP contribution in [0.15, 0.2) is 66.3 Å². The molecule has 4 aromatic rings. The van der Waals surface area contributed by atoms with Crippen LogP contribution in [0.2, 0.25) is 0 Å². The maximum atomic E-state index is 13.5. The van der Waals surface area contributed by atoms with E-state index in [1.807, 2.05) is 29.6 Å². The molecule has 206 valence electrons. The molecule has 2 N–H and O–H groups in total. The predicted octanol–water partition coefficient (Wildman–Crippen LogP) is 5.24. The van der Waals surface area contributed by atoms with Crippen LogP contribution in [0, 0.1) is 5.95 Å². The second-order valence-electron chi connectivity index (χ2n) is 9.93. The number of nitrogens with zero attached hydrogens (tertiary/aromatic N) is 4. The van der Waals surface area contributed by atoms with E-state index in [1.54, 1.807) is 29.0 Å². The molecule has 2 amide bonds. The van der Waals surface area contributed by atoms with Gasteiger partial charge in [0.15, 0.2) is 5.13 Å². The maximum absolute atomic E-state index is 13.5. The predicted molar refractivity (Wildman–Crippen MR) is 151 cm³/mol. The second-order valence-corrected chi connectivity index (χ2v) is 10.8. The van der Waals surface area contributed by atoms with Crippen molar-refractivity contribution in [1.82, 2.24) is 14.5 Å². The molecule has 0 saturated carbocycles. The minimum atomic E-state index is -0.552. The van der Waals surface area contributed by atoms with Gasteiger partial charge in [0, 0.05) is 48.8 Å². The van der Waals surface area contributed by atoms with Gasteiger partial charge >= 0.3 is 0 Å². The number of thiazole rings is 1. The number of carbonyl (C=O) groups excluding carboxylic acids is 2. The summed E-state index contributed by atoms with van der Waals surface area (Å²) in [5.74, 6) is -0.923. The minimum absolute atomic E-state index is 0.0969. The lowest BCUT2D eigenvalue weighted by Crippen LogP contribution is -2.27. The van der Waals surface area contributed by atoms with Crippen molar-refractivity contribution in [2.75, 3.05) is 28.7 Å². The molecule has 0 spiro atoms. The van der Waals surface area contributed by atoms with Crippen LogP contribution < -0.4 is 15.5 Å². The number of hydrogen-bond acceptors (Lipinski definition) is 7. The minimum Gasteiger partial charge on any atom is -0.368 e. The van der Waals surface area contributed by atoms with Crippen molar-refractivity contribution in [1.29, 1.82) is 0 Å². The number of pyridine rings is 1. The molecule has 2 aliphatic heterocycles. The average Bonchev–Trinajstić information content (AvgIpc) is 3.77. The molecule has 0 radical (unpaired) electrons. The normalized spacial score (nSPS) is 18.7. The average molecular weight is 561 g/mol. The molecule has 11 heteroatoms. The monoisotopic (exact) mass is 560 g/mol. The number of halogens is 1. The summed E-state index contributed by atoms with van der Waals surface area (Å²) in [6, 6.07) is 14.6. The highest BCUT2D eigenvalue weighted by molar-refractivity contribution is 7.14. The molecule has 6 rings (SSSR count). The second kappa shape index (κ2) is 11.6. The number of carbonyl (C=O) groups is 2. The lowest BCUT2D eigenvalue weighted by Gasteiger charge is -2.26. The first kappa shape index (κ1) is 26.1. The fourth-order valence-corrected chi connectivity index (χ4v) is 6.03. The van der Waals surface area contributed by atoms with Crippen LogP contribution in [0.5, 0.6) is 0 Å². The third kappa shape index (κ3) is 5.75. The van der Waals surface area contributed by atoms with Crippen LogP contribution >= 0.6 is 11.3 Å². The Balaban J connectivity index is 1.10. The molecule has 2 atom stereocenters. The Morgan fingerprint density at radius 3 is 2.77 bits per heavy atom. The van der Waals surface area contributed by atoms with Gasteiger partial charge in [0.05, 0.1) is 11.7 Å². The van der Waals surface area contributed by atoms with Gasteiger partial charge in [-0.3, -0.25) is 14.9 Å². The van der Waals surface area contributed by atoms with Crippen molar-refractivity contribution >= 4 is 39.7 Å². The quantitative estimate of drug-likeness (QED) is 0.286. The van der Waals surface area contributed by atoms with E-state index in [4.69, 9.17) is 9.72 Å². The molecule has 40 heavy (non-hydrogen) atoms. The molecule has 2 saturated heterocycles. The largest absolute Gasteiger partial charge is 0.368 e. The molecule has 2 fully saturated rings. The van der Waals surface area contributed by atoms with Crippen molar-refractivity contribution in [3.63, 3.8) is 0 Å². The van der Waals surface area contributed by atoms with Gasteiger partial charge in [0.1, 0.15) is 11.8 Å². The molecular weight excluding hydrogens is 531 g/mol. The summed E-state index contributed by atoms with van der Waals surface area (Å²) in [7, 11) is 0. The highest BCUT2D eigenvalue weighted by Gasteiger charge is 2.29. The first-order valence-electron chi connectivity index (χ1n) is 13.3. The molecule has 1 unspecified atom stereocenters.